The van der Waals surface area contributed by atoms with Crippen LogP contribution in [0.15, 0.2) is 23.8 Å². The molecular weight excluding hydrogens is 212 g/mol. The summed E-state index contributed by atoms with van der Waals surface area (Å²) < 4.78 is 5.59. The van der Waals surface area contributed by atoms with Crippen LogP contribution >= 0.6 is 0 Å². The number of hydrogen-bond acceptors (Lipinski definition) is 2. The van der Waals surface area contributed by atoms with Gasteiger partial charge in [0, 0.05) is 17.3 Å². The monoisotopic (exact) mass is 234 g/mol. The van der Waals surface area contributed by atoms with Crippen molar-refractivity contribution in [3.05, 3.63) is 23.8 Å². The third-order valence-corrected chi connectivity index (χ3v) is 5.06. The van der Waals surface area contributed by atoms with Crippen LogP contribution in [0.4, 0.5) is 0 Å². The molecule has 1 aliphatic heterocycles. The summed E-state index contributed by atoms with van der Waals surface area (Å²) in [7, 11) is 0. The molecule has 2 aliphatic carbocycles. The number of hydrogen-bond donors (Lipinski definition) is 1. The summed E-state index contributed by atoms with van der Waals surface area (Å²) in [5, 5.41) is 9.98. The van der Waals surface area contributed by atoms with Gasteiger partial charge >= 0.3 is 0 Å². The molecule has 1 heterocycles. The SMILES string of the molecule is C[C@H]1C2=C[C@H](C3(C)CO3)CC[C@@]2(C)C=C[C@@H]1O. The maximum absolute atomic E-state index is 9.98. The van der Waals surface area contributed by atoms with Crippen molar-refractivity contribution in [1.29, 1.82) is 0 Å². The zero-order valence-electron chi connectivity index (χ0n) is 10.9. The van der Waals surface area contributed by atoms with E-state index in [1.807, 2.05) is 6.08 Å². The molecule has 0 amide bonds. The Morgan fingerprint density at radius 2 is 2.12 bits per heavy atom. The molecule has 0 aromatic carbocycles. The Labute approximate surface area is 103 Å². The highest BCUT2D eigenvalue weighted by atomic mass is 16.6. The smallest absolute Gasteiger partial charge is 0.0950 e. The highest BCUT2D eigenvalue weighted by Crippen LogP contribution is 2.51. The lowest BCUT2D eigenvalue weighted by atomic mass is 9.62. The number of epoxide rings is 1. The van der Waals surface area contributed by atoms with E-state index in [0.717, 1.165) is 6.61 Å². The maximum atomic E-state index is 9.98. The van der Waals surface area contributed by atoms with Crippen LogP contribution in [0.1, 0.15) is 33.6 Å². The van der Waals surface area contributed by atoms with Gasteiger partial charge in [-0.2, -0.15) is 0 Å². The lowest BCUT2D eigenvalue weighted by molar-refractivity contribution is 0.144. The molecule has 3 aliphatic rings. The van der Waals surface area contributed by atoms with Gasteiger partial charge in [-0.05, 0) is 19.8 Å². The minimum atomic E-state index is -0.319. The fourth-order valence-electron chi connectivity index (χ4n) is 3.41. The number of fused-ring (bicyclic) bond motifs is 1. The van der Waals surface area contributed by atoms with Gasteiger partial charge in [0.25, 0.3) is 0 Å². The van der Waals surface area contributed by atoms with Crippen molar-refractivity contribution in [2.75, 3.05) is 6.61 Å². The van der Waals surface area contributed by atoms with Crippen molar-refractivity contribution in [3.8, 4) is 0 Å². The third kappa shape index (κ3) is 1.69. The summed E-state index contributed by atoms with van der Waals surface area (Å²) in [4.78, 5) is 0. The van der Waals surface area contributed by atoms with Gasteiger partial charge < -0.3 is 9.84 Å². The second kappa shape index (κ2) is 3.46. The fraction of sp³-hybridized carbons (Fsp3) is 0.733. The fourth-order valence-corrected chi connectivity index (χ4v) is 3.41. The lowest BCUT2D eigenvalue weighted by Crippen LogP contribution is -2.37. The van der Waals surface area contributed by atoms with Crippen molar-refractivity contribution < 1.29 is 9.84 Å². The van der Waals surface area contributed by atoms with Crippen molar-refractivity contribution in [3.63, 3.8) is 0 Å². The average molecular weight is 234 g/mol. The molecular formula is C15H22O2. The van der Waals surface area contributed by atoms with Gasteiger partial charge in [-0.1, -0.05) is 37.6 Å². The molecule has 2 nitrogen and oxygen atoms in total. The van der Waals surface area contributed by atoms with Crippen LogP contribution in [-0.2, 0) is 4.74 Å². The van der Waals surface area contributed by atoms with E-state index < -0.39 is 0 Å². The molecule has 0 radical (unpaired) electrons. The molecule has 5 atom stereocenters. The van der Waals surface area contributed by atoms with Crippen LogP contribution in [0.2, 0.25) is 0 Å². The molecule has 0 aromatic rings. The van der Waals surface area contributed by atoms with Gasteiger partial charge in [-0.25, -0.2) is 0 Å². The zero-order chi connectivity index (χ0) is 12.3. The Kier molecular flexibility index (Phi) is 2.34. The van der Waals surface area contributed by atoms with Crippen LogP contribution in [-0.4, -0.2) is 23.4 Å². The first kappa shape index (κ1) is 11.5. The predicted molar refractivity (Wildman–Crippen MR) is 67.6 cm³/mol. The summed E-state index contributed by atoms with van der Waals surface area (Å²) in [6.45, 7) is 7.53. The van der Waals surface area contributed by atoms with Crippen molar-refractivity contribution in [1.82, 2.24) is 0 Å². The molecule has 1 N–H and O–H groups in total. The number of allylic oxidation sites excluding steroid dienone is 1. The largest absolute Gasteiger partial charge is 0.388 e. The van der Waals surface area contributed by atoms with Crippen molar-refractivity contribution in [2.24, 2.45) is 17.3 Å². The highest BCUT2D eigenvalue weighted by molar-refractivity contribution is 5.33. The summed E-state index contributed by atoms with van der Waals surface area (Å²) >= 11 is 0. The van der Waals surface area contributed by atoms with Crippen LogP contribution in [0, 0.1) is 17.3 Å². The molecule has 17 heavy (non-hydrogen) atoms. The second-order valence-corrected chi connectivity index (χ2v) is 6.42. The molecule has 3 rings (SSSR count). The highest BCUT2D eigenvalue weighted by Gasteiger charge is 2.49. The molecule has 0 spiro atoms. The van der Waals surface area contributed by atoms with E-state index in [2.05, 4.69) is 32.9 Å². The van der Waals surface area contributed by atoms with Crippen molar-refractivity contribution >= 4 is 0 Å². The summed E-state index contributed by atoms with van der Waals surface area (Å²) in [6, 6.07) is 0. The van der Waals surface area contributed by atoms with E-state index in [-0.39, 0.29) is 23.0 Å². The first-order chi connectivity index (χ1) is 7.95. The van der Waals surface area contributed by atoms with Gasteiger partial charge in [0.15, 0.2) is 0 Å². The van der Waals surface area contributed by atoms with E-state index in [1.165, 1.54) is 18.4 Å². The van der Waals surface area contributed by atoms with E-state index in [0.29, 0.717) is 5.92 Å². The third-order valence-electron chi connectivity index (χ3n) is 5.06. The number of ether oxygens (including phenoxy) is 1. The molecule has 1 unspecified atom stereocenters. The Hall–Kier alpha value is -0.600. The van der Waals surface area contributed by atoms with Gasteiger partial charge in [-0.15, -0.1) is 0 Å². The molecule has 0 bridgehead atoms. The quantitative estimate of drug-likeness (QED) is 0.559. The molecule has 2 heteroatoms. The van der Waals surface area contributed by atoms with Gasteiger partial charge in [-0.3, -0.25) is 0 Å². The Morgan fingerprint density at radius 3 is 2.76 bits per heavy atom. The van der Waals surface area contributed by atoms with E-state index >= 15 is 0 Å². The topological polar surface area (TPSA) is 32.8 Å². The standard InChI is InChI=1S/C15H22O2/c1-10-12-8-11(15(3)9-17-15)4-6-14(12,2)7-5-13(10)16/h5,7-8,10-11,13,16H,4,6,9H2,1-3H3/t10-,11+,13-,14-,15?/m0/s1. The molecule has 1 fully saturated rings. The average Bonchev–Trinajstić information content (AvgIpc) is 3.04. The van der Waals surface area contributed by atoms with Crippen LogP contribution in [0.25, 0.3) is 0 Å². The van der Waals surface area contributed by atoms with E-state index in [1.54, 1.807) is 0 Å². The molecule has 1 saturated heterocycles. The predicted octanol–water partition coefficient (Wildman–Crippen LogP) is 2.68. The Bertz CT molecular complexity index is 392. The van der Waals surface area contributed by atoms with Gasteiger partial charge in [0.05, 0.1) is 18.3 Å². The van der Waals surface area contributed by atoms with E-state index in [9.17, 15) is 5.11 Å². The summed E-state index contributed by atoms with van der Waals surface area (Å²) in [5.41, 5.74) is 1.67. The van der Waals surface area contributed by atoms with Gasteiger partial charge in [0.1, 0.15) is 0 Å². The normalized spacial score (nSPS) is 52.9. The van der Waals surface area contributed by atoms with Crippen LogP contribution < -0.4 is 0 Å². The lowest BCUT2D eigenvalue weighted by Gasteiger charge is -2.43. The van der Waals surface area contributed by atoms with Crippen molar-refractivity contribution in [2.45, 2.75) is 45.3 Å². The number of rotatable bonds is 1. The first-order valence-corrected chi connectivity index (χ1v) is 6.68. The zero-order valence-corrected chi connectivity index (χ0v) is 10.9. The minimum absolute atomic E-state index is 0.0835. The minimum Gasteiger partial charge on any atom is -0.388 e. The van der Waals surface area contributed by atoms with Gasteiger partial charge in [0.2, 0.25) is 0 Å². The van der Waals surface area contributed by atoms with Crippen LogP contribution in [0.5, 0.6) is 0 Å². The molecule has 0 saturated carbocycles. The summed E-state index contributed by atoms with van der Waals surface area (Å²) in [6.07, 6.45) is 8.63. The summed E-state index contributed by atoms with van der Waals surface area (Å²) in [5.74, 6) is 0.780. The number of aliphatic hydroxyl groups is 1. The van der Waals surface area contributed by atoms with E-state index in [4.69, 9.17) is 4.74 Å². The maximum Gasteiger partial charge on any atom is 0.0950 e. The molecule has 0 aromatic heterocycles. The number of aliphatic hydroxyl groups excluding tert-OH is 1. The Balaban J connectivity index is 1.96. The second-order valence-electron chi connectivity index (χ2n) is 6.42. The Morgan fingerprint density at radius 1 is 1.41 bits per heavy atom. The van der Waals surface area contributed by atoms with Crippen LogP contribution in [0.3, 0.4) is 0 Å². The molecule has 94 valence electrons. The first-order valence-electron chi connectivity index (χ1n) is 6.68.